The molecule has 0 atom stereocenters. The van der Waals surface area contributed by atoms with Crippen LogP contribution in [0.2, 0.25) is 0 Å². The van der Waals surface area contributed by atoms with Crippen LogP contribution in [0.15, 0.2) is 192 Å². The van der Waals surface area contributed by atoms with Crippen molar-refractivity contribution in [3.63, 3.8) is 0 Å². The number of hydrogen-bond acceptors (Lipinski definition) is 2. The van der Waals surface area contributed by atoms with E-state index in [0.717, 1.165) is 50.1 Å². The van der Waals surface area contributed by atoms with Crippen LogP contribution in [-0.4, -0.2) is 0 Å². The number of hydrogen-bond donors (Lipinski definition) is 0. The summed E-state index contributed by atoms with van der Waals surface area (Å²) in [7, 11) is 0. The van der Waals surface area contributed by atoms with Crippen LogP contribution in [0, 0.1) is 0 Å². The Labute approximate surface area is 279 Å². The van der Waals surface area contributed by atoms with E-state index in [0.29, 0.717) is 0 Å². The second-order valence-electron chi connectivity index (χ2n) is 12.1. The molecular formula is C46H31NO. The highest BCUT2D eigenvalue weighted by atomic mass is 16.3. The maximum Gasteiger partial charge on any atom is 0.136 e. The molecule has 0 saturated heterocycles. The van der Waals surface area contributed by atoms with Gasteiger partial charge in [0, 0.05) is 27.7 Å². The third-order valence-electron chi connectivity index (χ3n) is 9.26. The molecule has 9 rings (SSSR count). The molecular weight excluding hydrogens is 583 g/mol. The molecule has 0 saturated carbocycles. The predicted molar refractivity (Wildman–Crippen MR) is 202 cm³/mol. The molecule has 0 aliphatic rings. The Balaban J connectivity index is 1.15. The number of anilines is 3. The lowest BCUT2D eigenvalue weighted by Gasteiger charge is -2.28. The molecule has 0 amide bonds. The molecule has 0 aliphatic carbocycles. The van der Waals surface area contributed by atoms with Gasteiger partial charge in [-0.25, -0.2) is 0 Å². The molecule has 1 aromatic heterocycles. The minimum absolute atomic E-state index is 0.897. The minimum atomic E-state index is 0.897. The van der Waals surface area contributed by atoms with Crippen LogP contribution in [0.25, 0.3) is 66.1 Å². The number of nitrogens with zero attached hydrogens (tertiary/aromatic N) is 1. The van der Waals surface area contributed by atoms with Gasteiger partial charge in [0.1, 0.15) is 11.2 Å². The van der Waals surface area contributed by atoms with E-state index in [-0.39, 0.29) is 0 Å². The van der Waals surface area contributed by atoms with E-state index in [1.165, 1.54) is 33.0 Å². The first-order valence-electron chi connectivity index (χ1n) is 16.4. The molecule has 0 aliphatic heterocycles. The van der Waals surface area contributed by atoms with Crippen molar-refractivity contribution in [2.75, 3.05) is 4.90 Å². The molecule has 9 aromatic rings. The molecule has 0 spiro atoms. The number of benzene rings is 8. The van der Waals surface area contributed by atoms with Gasteiger partial charge in [-0.05, 0) is 87.1 Å². The number of para-hydroxylation sites is 2. The number of fused-ring (bicyclic) bond motifs is 5. The van der Waals surface area contributed by atoms with E-state index in [9.17, 15) is 0 Å². The second kappa shape index (κ2) is 11.8. The monoisotopic (exact) mass is 613 g/mol. The fourth-order valence-corrected chi connectivity index (χ4v) is 7.01. The summed E-state index contributed by atoms with van der Waals surface area (Å²) in [6.45, 7) is 0. The minimum Gasteiger partial charge on any atom is -0.456 e. The smallest absolute Gasteiger partial charge is 0.136 e. The summed E-state index contributed by atoms with van der Waals surface area (Å²) in [5, 5.41) is 4.72. The molecule has 0 radical (unpaired) electrons. The van der Waals surface area contributed by atoms with Crippen LogP contribution in [0.4, 0.5) is 17.1 Å². The second-order valence-corrected chi connectivity index (χ2v) is 12.1. The first-order valence-corrected chi connectivity index (χ1v) is 16.4. The van der Waals surface area contributed by atoms with Gasteiger partial charge >= 0.3 is 0 Å². The van der Waals surface area contributed by atoms with Crippen molar-refractivity contribution in [3.8, 4) is 33.4 Å². The molecule has 8 aromatic carbocycles. The van der Waals surface area contributed by atoms with Crippen LogP contribution in [-0.2, 0) is 0 Å². The van der Waals surface area contributed by atoms with Crippen LogP contribution in [0.3, 0.4) is 0 Å². The molecule has 0 unspecified atom stereocenters. The van der Waals surface area contributed by atoms with E-state index in [4.69, 9.17) is 4.42 Å². The van der Waals surface area contributed by atoms with E-state index < -0.39 is 0 Å². The summed E-state index contributed by atoms with van der Waals surface area (Å²) in [4.78, 5) is 2.34. The molecule has 226 valence electrons. The Hall–Kier alpha value is -6.38. The summed E-state index contributed by atoms with van der Waals surface area (Å²) >= 11 is 0. The van der Waals surface area contributed by atoms with Crippen molar-refractivity contribution < 1.29 is 4.42 Å². The standard InChI is InChI=1S/C46H31NO/c1-4-14-33(15-5-1)38-20-12-13-23-43(38)47(36-18-8-3-9-19-36)37-27-24-32(25-28-37)35-26-29-44-42(30-35)46-40-22-11-10-21-39(40)41(31-45(46)48-44)34-16-6-2-7-17-34/h1-31H. The lowest BCUT2D eigenvalue weighted by atomic mass is 9.94. The third-order valence-corrected chi connectivity index (χ3v) is 9.26. The molecule has 0 N–H and O–H groups in total. The Morgan fingerprint density at radius 3 is 1.62 bits per heavy atom. The average Bonchev–Trinajstić information content (AvgIpc) is 3.54. The normalized spacial score (nSPS) is 11.3. The zero-order valence-corrected chi connectivity index (χ0v) is 26.3. The van der Waals surface area contributed by atoms with Crippen molar-refractivity contribution in [2.45, 2.75) is 0 Å². The largest absolute Gasteiger partial charge is 0.456 e. The van der Waals surface area contributed by atoms with Crippen LogP contribution in [0.1, 0.15) is 0 Å². The van der Waals surface area contributed by atoms with Gasteiger partial charge in [-0.3, -0.25) is 0 Å². The number of rotatable bonds is 6. The van der Waals surface area contributed by atoms with Gasteiger partial charge in [-0.15, -0.1) is 0 Å². The molecule has 2 heteroatoms. The maximum absolute atomic E-state index is 6.50. The van der Waals surface area contributed by atoms with Crippen molar-refractivity contribution >= 4 is 49.8 Å². The molecule has 0 fully saturated rings. The van der Waals surface area contributed by atoms with Gasteiger partial charge in [0.05, 0.1) is 5.69 Å². The third kappa shape index (κ3) is 4.83. The van der Waals surface area contributed by atoms with Crippen molar-refractivity contribution in [2.24, 2.45) is 0 Å². The summed E-state index contributed by atoms with van der Waals surface area (Å²) in [5.74, 6) is 0. The highest BCUT2D eigenvalue weighted by Crippen LogP contribution is 2.43. The zero-order chi connectivity index (χ0) is 31.9. The van der Waals surface area contributed by atoms with Crippen LogP contribution >= 0.6 is 0 Å². The molecule has 1 heterocycles. The first kappa shape index (κ1) is 27.9. The summed E-state index contributed by atoms with van der Waals surface area (Å²) in [6.07, 6.45) is 0. The van der Waals surface area contributed by atoms with Crippen LogP contribution in [0.5, 0.6) is 0 Å². The molecule has 48 heavy (non-hydrogen) atoms. The quantitative estimate of drug-likeness (QED) is 0.185. The first-order chi connectivity index (χ1) is 23.8. The van der Waals surface area contributed by atoms with Gasteiger partial charge in [0.25, 0.3) is 0 Å². The van der Waals surface area contributed by atoms with E-state index >= 15 is 0 Å². The summed E-state index contributed by atoms with van der Waals surface area (Å²) in [5.41, 5.74) is 12.2. The Kier molecular flexibility index (Phi) is 6.84. The predicted octanol–water partition coefficient (Wildman–Crippen LogP) is 13.2. The van der Waals surface area contributed by atoms with Crippen molar-refractivity contribution in [1.29, 1.82) is 0 Å². The zero-order valence-electron chi connectivity index (χ0n) is 26.3. The van der Waals surface area contributed by atoms with E-state index in [1.807, 2.05) is 0 Å². The fourth-order valence-electron chi connectivity index (χ4n) is 7.01. The van der Waals surface area contributed by atoms with Gasteiger partial charge < -0.3 is 9.32 Å². The van der Waals surface area contributed by atoms with Gasteiger partial charge in [0.2, 0.25) is 0 Å². The van der Waals surface area contributed by atoms with Gasteiger partial charge in [-0.1, -0.05) is 140 Å². The topological polar surface area (TPSA) is 16.4 Å². The SMILES string of the molecule is c1ccc(-c2ccccc2N(c2ccccc2)c2ccc(-c3ccc4oc5cc(-c6ccccc6)c6ccccc6c5c4c3)cc2)cc1. The van der Waals surface area contributed by atoms with Crippen LogP contribution < -0.4 is 4.90 Å². The van der Waals surface area contributed by atoms with Crippen molar-refractivity contribution in [1.82, 2.24) is 0 Å². The van der Waals surface area contributed by atoms with Gasteiger partial charge in [0.15, 0.2) is 0 Å². The highest BCUT2D eigenvalue weighted by molar-refractivity contribution is 6.22. The number of furan rings is 1. The molecule has 0 bridgehead atoms. The lowest BCUT2D eigenvalue weighted by molar-refractivity contribution is 0.669. The Morgan fingerprint density at radius 2 is 0.896 bits per heavy atom. The summed E-state index contributed by atoms with van der Waals surface area (Å²) in [6, 6.07) is 66.7. The lowest BCUT2D eigenvalue weighted by Crippen LogP contribution is -2.11. The Morgan fingerprint density at radius 1 is 0.333 bits per heavy atom. The fraction of sp³-hybridized carbons (Fsp3) is 0. The molecule has 2 nitrogen and oxygen atoms in total. The maximum atomic E-state index is 6.50. The van der Waals surface area contributed by atoms with E-state index in [1.54, 1.807) is 0 Å². The van der Waals surface area contributed by atoms with Gasteiger partial charge in [-0.2, -0.15) is 0 Å². The Bertz CT molecular complexity index is 2530. The summed E-state index contributed by atoms with van der Waals surface area (Å²) < 4.78 is 6.50. The average molecular weight is 614 g/mol. The highest BCUT2D eigenvalue weighted by Gasteiger charge is 2.18. The van der Waals surface area contributed by atoms with E-state index in [2.05, 4.69) is 193 Å². The van der Waals surface area contributed by atoms with Crippen molar-refractivity contribution in [3.05, 3.63) is 188 Å².